The van der Waals surface area contributed by atoms with E-state index in [1.54, 1.807) is 0 Å². The molecule has 0 bridgehead atoms. The Morgan fingerprint density at radius 3 is 1.89 bits per heavy atom. The monoisotopic (exact) mass is 844 g/mol. The fraction of sp³-hybridized carbons (Fsp3) is 0.0484. The van der Waals surface area contributed by atoms with E-state index in [1.165, 1.54) is 44.1 Å². The lowest BCUT2D eigenvalue weighted by Crippen LogP contribution is -2.14. The molecule has 0 fully saturated rings. The van der Waals surface area contributed by atoms with E-state index in [0.29, 0.717) is 0 Å². The number of pyridine rings is 1. The van der Waals surface area contributed by atoms with Crippen molar-refractivity contribution in [2.24, 2.45) is 0 Å². The van der Waals surface area contributed by atoms with Crippen molar-refractivity contribution in [3.05, 3.63) is 217 Å². The molecule has 0 amide bonds. The molecule has 4 heteroatoms. The minimum Gasteiger partial charge on any atom is -0.456 e. The number of furan rings is 2. The number of fused-ring (bicyclic) bond motifs is 12. The maximum absolute atomic E-state index is 6.64. The van der Waals surface area contributed by atoms with Gasteiger partial charge in [0.15, 0.2) is 0 Å². The van der Waals surface area contributed by atoms with Gasteiger partial charge in [-0.15, -0.1) is 0 Å². The Morgan fingerprint density at radius 1 is 0.364 bits per heavy atom. The Morgan fingerprint density at radius 2 is 1.02 bits per heavy atom. The van der Waals surface area contributed by atoms with Gasteiger partial charge in [-0.05, 0) is 129 Å². The zero-order chi connectivity index (χ0) is 43.7. The van der Waals surface area contributed by atoms with Gasteiger partial charge in [-0.25, -0.2) is 4.98 Å². The van der Waals surface area contributed by atoms with Crippen molar-refractivity contribution in [2.75, 3.05) is 0 Å². The predicted molar refractivity (Wildman–Crippen MR) is 272 cm³/mol. The third-order valence-corrected chi connectivity index (χ3v) is 14.2. The molecule has 0 saturated carbocycles. The SMILES string of the molecule is CC1(C)c2ccccc2-c2cc3c(cc21)c1cc(-c2ccc4oc5cccc(-c6cc(-c7ccccc7)cc(-c7ccc8c(c7)oc7ccccc78)n6)c5c4c2)ccc1n3-c1ccccc1. The fourth-order valence-electron chi connectivity index (χ4n) is 11.0. The Balaban J connectivity index is 0.948. The molecule has 4 aromatic heterocycles. The first-order chi connectivity index (χ1) is 32.4. The third kappa shape index (κ3) is 5.42. The molecule has 1 aliphatic carbocycles. The number of nitrogens with zero attached hydrogens (tertiary/aromatic N) is 2. The molecule has 0 saturated heterocycles. The van der Waals surface area contributed by atoms with Crippen molar-refractivity contribution in [1.82, 2.24) is 9.55 Å². The first-order valence-electron chi connectivity index (χ1n) is 22.7. The summed E-state index contributed by atoms with van der Waals surface area (Å²) in [5.74, 6) is 0. The largest absolute Gasteiger partial charge is 0.456 e. The van der Waals surface area contributed by atoms with Gasteiger partial charge in [0.2, 0.25) is 0 Å². The van der Waals surface area contributed by atoms with Crippen molar-refractivity contribution in [3.8, 4) is 61.6 Å². The molecule has 13 aromatic rings. The Kier molecular flexibility index (Phi) is 7.71. The maximum Gasteiger partial charge on any atom is 0.136 e. The number of aromatic nitrogens is 2. The molecule has 0 unspecified atom stereocenters. The van der Waals surface area contributed by atoms with Gasteiger partial charge >= 0.3 is 0 Å². The van der Waals surface area contributed by atoms with Crippen LogP contribution in [-0.4, -0.2) is 9.55 Å². The summed E-state index contributed by atoms with van der Waals surface area (Å²) in [4.78, 5) is 5.43. The molecule has 0 radical (unpaired) electrons. The number of hydrogen-bond donors (Lipinski definition) is 0. The van der Waals surface area contributed by atoms with Crippen molar-refractivity contribution in [1.29, 1.82) is 0 Å². The number of para-hydroxylation sites is 2. The van der Waals surface area contributed by atoms with E-state index in [0.717, 1.165) is 94.3 Å². The lowest BCUT2D eigenvalue weighted by molar-refractivity contribution is 0.661. The maximum atomic E-state index is 6.64. The molecule has 0 atom stereocenters. The van der Waals surface area contributed by atoms with Crippen LogP contribution in [0.3, 0.4) is 0 Å². The van der Waals surface area contributed by atoms with Gasteiger partial charge in [-0.2, -0.15) is 0 Å². The van der Waals surface area contributed by atoms with E-state index in [9.17, 15) is 0 Å². The van der Waals surface area contributed by atoms with Crippen LogP contribution in [-0.2, 0) is 5.41 Å². The zero-order valence-electron chi connectivity index (χ0n) is 36.3. The number of benzene rings is 9. The summed E-state index contributed by atoms with van der Waals surface area (Å²) >= 11 is 0. The molecule has 310 valence electrons. The van der Waals surface area contributed by atoms with Crippen LogP contribution >= 0.6 is 0 Å². The molecule has 0 spiro atoms. The Labute approximate surface area is 380 Å². The van der Waals surface area contributed by atoms with Gasteiger partial charge in [-0.3, -0.25) is 0 Å². The minimum atomic E-state index is -0.109. The summed E-state index contributed by atoms with van der Waals surface area (Å²) in [5.41, 5.74) is 20.5. The number of rotatable bonds is 5. The van der Waals surface area contributed by atoms with Crippen molar-refractivity contribution >= 4 is 65.7 Å². The summed E-state index contributed by atoms with van der Waals surface area (Å²) < 4.78 is 15.4. The number of hydrogen-bond acceptors (Lipinski definition) is 3. The molecule has 0 aliphatic heterocycles. The van der Waals surface area contributed by atoms with Crippen LogP contribution in [0.25, 0.3) is 127 Å². The zero-order valence-corrected chi connectivity index (χ0v) is 36.3. The molecule has 66 heavy (non-hydrogen) atoms. The van der Waals surface area contributed by atoms with Gasteiger partial charge in [0.25, 0.3) is 0 Å². The average Bonchev–Trinajstić information content (AvgIpc) is 4.09. The van der Waals surface area contributed by atoms with Gasteiger partial charge in [0.05, 0.1) is 22.4 Å². The van der Waals surface area contributed by atoms with E-state index >= 15 is 0 Å². The molecular formula is C62H40N2O2. The second-order valence-corrected chi connectivity index (χ2v) is 18.3. The summed E-state index contributed by atoms with van der Waals surface area (Å²) in [6.45, 7) is 4.72. The van der Waals surface area contributed by atoms with Crippen molar-refractivity contribution < 1.29 is 8.83 Å². The highest BCUT2D eigenvalue weighted by atomic mass is 16.3. The van der Waals surface area contributed by atoms with Crippen LogP contribution in [0.2, 0.25) is 0 Å². The average molecular weight is 845 g/mol. The quantitative estimate of drug-likeness (QED) is 0.173. The standard InChI is InChI=1S/C62H40N2O2/c1-62(2)51-21-11-9-18-43(51)47-36-56-49(35-52(47)62)48-30-38(25-28-55(48)64(56)42-16-7-4-8-17-42)39-26-29-58-50(31-39)61-46(20-13-23-59(61)65-58)54-33-41(37-14-5-3-6-15-37)32-53(63-54)40-24-27-45-44-19-10-12-22-57(44)66-60(45)34-40/h3-36H,1-2H3. The third-order valence-electron chi connectivity index (χ3n) is 14.2. The first-order valence-corrected chi connectivity index (χ1v) is 22.7. The van der Waals surface area contributed by atoms with Crippen LogP contribution in [0.15, 0.2) is 215 Å². The van der Waals surface area contributed by atoms with Gasteiger partial charge in [0.1, 0.15) is 22.3 Å². The van der Waals surface area contributed by atoms with Crippen molar-refractivity contribution in [2.45, 2.75) is 19.3 Å². The highest BCUT2D eigenvalue weighted by molar-refractivity contribution is 6.15. The van der Waals surface area contributed by atoms with E-state index in [4.69, 9.17) is 13.8 Å². The van der Waals surface area contributed by atoms with E-state index in [-0.39, 0.29) is 5.41 Å². The lowest BCUT2D eigenvalue weighted by Gasteiger charge is -2.21. The summed E-state index contributed by atoms with van der Waals surface area (Å²) in [6, 6.07) is 74.1. The highest BCUT2D eigenvalue weighted by Gasteiger charge is 2.36. The molecule has 9 aromatic carbocycles. The van der Waals surface area contributed by atoms with Gasteiger partial charge < -0.3 is 13.4 Å². The Hall–Kier alpha value is -8.47. The second-order valence-electron chi connectivity index (χ2n) is 18.3. The molecule has 1 aliphatic rings. The minimum absolute atomic E-state index is 0.109. The summed E-state index contributed by atoms with van der Waals surface area (Å²) in [5, 5.41) is 6.80. The van der Waals surface area contributed by atoms with Crippen molar-refractivity contribution in [3.63, 3.8) is 0 Å². The molecular weight excluding hydrogens is 805 g/mol. The predicted octanol–water partition coefficient (Wildman–Crippen LogP) is 17.0. The van der Waals surface area contributed by atoms with E-state index in [1.807, 2.05) is 12.1 Å². The first kappa shape index (κ1) is 37.0. The van der Waals surface area contributed by atoms with Crippen LogP contribution in [0.1, 0.15) is 25.0 Å². The Bertz CT molecular complexity index is 4130. The van der Waals surface area contributed by atoms with E-state index < -0.39 is 0 Å². The van der Waals surface area contributed by atoms with Gasteiger partial charge in [0, 0.05) is 54.5 Å². The second kappa shape index (κ2) is 13.8. The van der Waals surface area contributed by atoms with Crippen LogP contribution in [0, 0.1) is 0 Å². The summed E-state index contributed by atoms with van der Waals surface area (Å²) in [6.07, 6.45) is 0. The van der Waals surface area contributed by atoms with Crippen LogP contribution in [0.4, 0.5) is 0 Å². The molecule has 0 N–H and O–H groups in total. The lowest BCUT2D eigenvalue weighted by atomic mass is 9.82. The molecule has 14 rings (SSSR count). The highest BCUT2D eigenvalue weighted by Crippen LogP contribution is 2.51. The fourth-order valence-corrected chi connectivity index (χ4v) is 11.0. The molecule has 4 heterocycles. The normalized spacial score (nSPS) is 13.1. The van der Waals surface area contributed by atoms with Gasteiger partial charge in [-0.1, -0.05) is 135 Å². The van der Waals surface area contributed by atoms with Crippen LogP contribution in [0.5, 0.6) is 0 Å². The van der Waals surface area contributed by atoms with E-state index in [2.05, 4.69) is 213 Å². The molecule has 4 nitrogen and oxygen atoms in total. The topological polar surface area (TPSA) is 44.1 Å². The van der Waals surface area contributed by atoms with Crippen LogP contribution < -0.4 is 0 Å². The summed E-state index contributed by atoms with van der Waals surface area (Å²) in [7, 11) is 0. The smallest absolute Gasteiger partial charge is 0.136 e.